The summed E-state index contributed by atoms with van der Waals surface area (Å²) >= 11 is 0. The second-order valence-corrected chi connectivity index (χ2v) is 6.31. The minimum Gasteiger partial charge on any atom is -0.461 e. The van der Waals surface area contributed by atoms with Crippen molar-refractivity contribution in [2.45, 2.75) is 60.4 Å². The molecule has 2 aromatic rings. The lowest BCUT2D eigenvalue weighted by Crippen LogP contribution is -2.05. The molecule has 0 aliphatic rings. The molecule has 158 valence electrons. The first-order chi connectivity index (χ1) is 13.9. The van der Waals surface area contributed by atoms with E-state index in [1.807, 2.05) is 43.6 Å². The molecule has 2 rings (SSSR count). The topological polar surface area (TPSA) is 95.9 Å². The van der Waals surface area contributed by atoms with Crippen LogP contribution >= 0.6 is 0 Å². The number of unbranched alkanes of at least 4 members (excludes halogenated alkanes) is 1. The number of ether oxygens (including phenoxy) is 1. The van der Waals surface area contributed by atoms with E-state index in [0.29, 0.717) is 23.5 Å². The fourth-order valence-electron chi connectivity index (χ4n) is 2.48. The summed E-state index contributed by atoms with van der Waals surface area (Å²) in [5.74, 6) is 0.838. The molecule has 7 nitrogen and oxygen atoms in total. The van der Waals surface area contributed by atoms with Crippen molar-refractivity contribution < 1.29 is 9.53 Å². The van der Waals surface area contributed by atoms with Crippen LogP contribution in [0.1, 0.15) is 53.3 Å². The highest BCUT2D eigenvalue weighted by Gasteiger charge is 2.11. The zero-order chi connectivity index (χ0) is 21.8. The maximum atomic E-state index is 10.9. The Hall–Kier alpha value is -2.96. The van der Waals surface area contributed by atoms with Gasteiger partial charge in [-0.15, -0.1) is 0 Å². The van der Waals surface area contributed by atoms with Crippen LogP contribution in [0.5, 0.6) is 0 Å². The first-order valence-electron chi connectivity index (χ1n) is 10.1. The van der Waals surface area contributed by atoms with Gasteiger partial charge < -0.3 is 15.0 Å². The van der Waals surface area contributed by atoms with Crippen LogP contribution in [0.25, 0.3) is 11.2 Å². The lowest BCUT2D eigenvalue weighted by molar-refractivity contribution is -0.139. The van der Waals surface area contributed by atoms with Crippen molar-refractivity contribution in [2.75, 3.05) is 12.3 Å². The molecule has 0 radical (unpaired) electrons. The first-order valence-corrected chi connectivity index (χ1v) is 10.1. The van der Waals surface area contributed by atoms with Gasteiger partial charge >= 0.3 is 5.97 Å². The van der Waals surface area contributed by atoms with E-state index in [-0.39, 0.29) is 12.6 Å². The average Bonchev–Trinajstić information content (AvgIpc) is 3.12. The number of esters is 1. The lowest BCUT2D eigenvalue weighted by atomic mass is 10.2. The van der Waals surface area contributed by atoms with E-state index in [9.17, 15) is 4.79 Å². The summed E-state index contributed by atoms with van der Waals surface area (Å²) in [6.45, 7) is 14.1. The maximum Gasteiger partial charge on any atom is 0.302 e. The van der Waals surface area contributed by atoms with Gasteiger partial charge in [0.05, 0.1) is 12.9 Å². The normalized spacial score (nSPS) is 11.4. The predicted molar refractivity (Wildman–Crippen MR) is 118 cm³/mol. The number of aromatic nitrogens is 4. The van der Waals surface area contributed by atoms with Gasteiger partial charge in [0, 0.05) is 13.3 Å². The van der Waals surface area contributed by atoms with Crippen molar-refractivity contribution in [3.63, 3.8) is 0 Å². The molecule has 0 aliphatic carbocycles. The molecular formula is C22H33N5O2. The minimum absolute atomic E-state index is 0.182. The summed E-state index contributed by atoms with van der Waals surface area (Å²) in [4.78, 5) is 24.2. The second kappa shape index (κ2) is 12.5. The summed E-state index contributed by atoms with van der Waals surface area (Å²) < 4.78 is 6.89. The van der Waals surface area contributed by atoms with Gasteiger partial charge in [0.15, 0.2) is 11.5 Å². The summed E-state index contributed by atoms with van der Waals surface area (Å²) in [7, 11) is 0. The fourth-order valence-corrected chi connectivity index (χ4v) is 2.48. The third-order valence-electron chi connectivity index (χ3n) is 4.01. The fraction of sp³-hybridized carbons (Fsp3) is 0.455. The Morgan fingerprint density at radius 2 is 2.03 bits per heavy atom. The molecule has 29 heavy (non-hydrogen) atoms. The predicted octanol–water partition coefficient (Wildman–Crippen LogP) is 4.40. The lowest BCUT2D eigenvalue weighted by Gasteiger charge is -2.07. The Morgan fingerprint density at radius 3 is 2.66 bits per heavy atom. The third-order valence-corrected chi connectivity index (χ3v) is 4.01. The van der Waals surface area contributed by atoms with Crippen LogP contribution in [-0.4, -0.2) is 32.1 Å². The smallest absolute Gasteiger partial charge is 0.302 e. The quantitative estimate of drug-likeness (QED) is 0.496. The molecule has 7 heteroatoms. The van der Waals surface area contributed by atoms with Gasteiger partial charge in [-0.1, -0.05) is 52.0 Å². The second-order valence-electron chi connectivity index (χ2n) is 6.31. The SMILES string of the molecule is C=C(/C=C\C(=C/C)Cn1cnc2c(N)nc(CCCC)nc21)COC(C)=O.CC. The van der Waals surface area contributed by atoms with Gasteiger partial charge in [-0.2, -0.15) is 0 Å². The molecule has 0 saturated heterocycles. The van der Waals surface area contributed by atoms with Crippen molar-refractivity contribution in [2.24, 2.45) is 0 Å². The number of allylic oxidation sites excluding steroid dienone is 3. The maximum absolute atomic E-state index is 10.9. The highest BCUT2D eigenvalue weighted by molar-refractivity contribution is 5.81. The van der Waals surface area contributed by atoms with Crippen molar-refractivity contribution >= 4 is 23.0 Å². The average molecular weight is 400 g/mol. The Bertz CT molecular complexity index is 881. The molecule has 0 amide bonds. The van der Waals surface area contributed by atoms with Gasteiger partial charge in [0.2, 0.25) is 0 Å². The number of hydrogen-bond donors (Lipinski definition) is 1. The van der Waals surface area contributed by atoms with Crippen molar-refractivity contribution in [1.82, 2.24) is 19.5 Å². The minimum atomic E-state index is -0.322. The number of nitrogens with two attached hydrogens (primary N) is 1. The molecule has 0 saturated carbocycles. The number of nitrogens with zero attached hydrogens (tertiary/aromatic N) is 4. The van der Waals surface area contributed by atoms with Crippen LogP contribution < -0.4 is 5.73 Å². The van der Waals surface area contributed by atoms with Crippen LogP contribution in [0, 0.1) is 0 Å². The highest BCUT2D eigenvalue weighted by Crippen LogP contribution is 2.18. The zero-order valence-electron chi connectivity index (χ0n) is 18.2. The molecule has 0 unspecified atom stereocenters. The van der Waals surface area contributed by atoms with E-state index >= 15 is 0 Å². The van der Waals surface area contributed by atoms with Gasteiger partial charge in [0.25, 0.3) is 0 Å². The molecule has 0 aliphatic heterocycles. The number of hydrogen-bond acceptors (Lipinski definition) is 6. The van der Waals surface area contributed by atoms with E-state index in [0.717, 1.165) is 36.3 Å². The summed E-state index contributed by atoms with van der Waals surface area (Å²) in [6, 6.07) is 0. The molecule has 0 atom stereocenters. The summed E-state index contributed by atoms with van der Waals surface area (Å²) in [5, 5.41) is 0. The first kappa shape index (κ1) is 24.1. The number of carbonyl (C=O) groups is 1. The summed E-state index contributed by atoms with van der Waals surface area (Å²) in [6.07, 6.45) is 10.4. The molecule has 2 N–H and O–H groups in total. The molecule has 2 aromatic heterocycles. The van der Waals surface area contributed by atoms with Crippen LogP contribution in [0.3, 0.4) is 0 Å². The number of carbonyl (C=O) groups excluding carboxylic acids is 1. The standard InChI is InChI=1S/C20H27N5O2.C2H6/c1-5-7-8-17-23-19(21)18-20(24-17)25(13-22-18)11-16(6-2)10-9-14(3)12-27-15(4)26;1-2/h6,9-10,13H,3,5,7-8,11-12H2,1-2,4H3,(H2,21,23,24);1-2H3/b10-9-,16-6+;. The molecule has 0 fully saturated rings. The number of fused-ring (bicyclic) bond motifs is 1. The van der Waals surface area contributed by atoms with Crippen molar-refractivity contribution in [3.8, 4) is 0 Å². The molecule has 2 heterocycles. The Morgan fingerprint density at radius 1 is 1.31 bits per heavy atom. The Balaban J connectivity index is 0.00000204. The van der Waals surface area contributed by atoms with Crippen LogP contribution in [0.15, 0.2) is 42.3 Å². The monoisotopic (exact) mass is 399 g/mol. The van der Waals surface area contributed by atoms with E-state index < -0.39 is 0 Å². The van der Waals surface area contributed by atoms with Crippen molar-refractivity contribution in [3.05, 3.63) is 48.1 Å². The Kier molecular flexibility index (Phi) is 10.4. The van der Waals surface area contributed by atoms with E-state index in [4.69, 9.17) is 10.5 Å². The zero-order valence-corrected chi connectivity index (χ0v) is 18.2. The van der Waals surface area contributed by atoms with Gasteiger partial charge in [0.1, 0.15) is 17.9 Å². The largest absolute Gasteiger partial charge is 0.461 e. The van der Waals surface area contributed by atoms with E-state index in [2.05, 4.69) is 28.5 Å². The number of nitrogen functional groups attached to an aromatic ring is 1. The number of imidazole rings is 1. The van der Waals surface area contributed by atoms with Gasteiger partial charge in [-0.3, -0.25) is 4.79 Å². The third kappa shape index (κ3) is 7.52. The molecular weight excluding hydrogens is 366 g/mol. The molecule has 0 spiro atoms. The Labute approximate surface area is 173 Å². The highest BCUT2D eigenvalue weighted by atomic mass is 16.5. The number of anilines is 1. The molecule has 0 aromatic carbocycles. The number of aryl methyl sites for hydroxylation is 1. The van der Waals surface area contributed by atoms with Crippen LogP contribution in [0.2, 0.25) is 0 Å². The van der Waals surface area contributed by atoms with E-state index in [1.165, 1.54) is 6.92 Å². The molecule has 0 bridgehead atoms. The van der Waals surface area contributed by atoms with Crippen LogP contribution in [-0.2, 0) is 22.5 Å². The van der Waals surface area contributed by atoms with Gasteiger partial charge in [-0.25, -0.2) is 15.0 Å². The van der Waals surface area contributed by atoms with Crippen LogP contribution in [0.4, 0.5) is 5.82 Å². The van der Waals surface area contributed by atoms with E-state index in [1.54, 1.807) is 6.33 Å². The number of rotatable bonds is 9. The van der Waals surface area contributed by atoms with Gasteiger partial charge in [-0.05, 0) is 24.5 Å². The van der Waals surface area contributed by atoms with Crippen molar-refractivity contribution in [1.29, 1.82) is 0 Å². The summed E-state index contributed by atoms with van der Waals surface area (Å²) in [5.41, 5.74) is 9.17.